The molecule has 0 unspecified atom stereocenters. The van der Waals surface area contributed by atoms with E-state index >= 15 is 0 Å². The van der Waals surface area contributed by atoms with Gasteiger partial charge in [-0.05, 0) is 19.9 Å². The van der Waals surface area contributed by atoms with Crippen molar-refractivity contribution in [2.75, 3.05) is 7.11 Å². The van der Waals surface area contributed by atoms with Crippen molar-refractivity contribution in [1.29, 1.82) is 0 Å². The number of nitrogens with two attached hydrogens (primary N) is 1. The molecule has 0 atom stereocenters. The van der Waals surface area contributed by atoms with Crippen molar-refractivity contribution >= 4 is 22.4 Å². The van der Waals surface area contributed by atoms with Crippen LogP contribution in [0.25, 0.3) is 6.08 Å². The van der Waals surface area contributed by atoms with E-state index in [4.69, 9.17) is 4.84 Å². The van der Waals surface area contributed by atoms with Crippen molar-refractivity contribution in [2.45, 2.75) is 13.8 Å². The lowest BCUT2D eigenvalue weighted by Crippen LogP contribution is -2.75. The molecule has 1 aromatic heterocycles. The van der Waals surface area contributed by atoms with Gasteiger partial charge in [-0.15, -0.1) is 0 Å². The average Bonchev–Trinajstić information content (AvgIpc) is 2.33. The summed E-state index contributed by atoms with van der Waals surface area (Å²) in [5.74, 6) is 0. The number of aryl methyl sites for hydroxylation is 1. The average molecular weight is 185 g/mol. The molecule has 0 saturated carbocycles. The molecule has 0 amide bonds. The molecular formula is C8H13N2OS+. The lowest BCUT2D eigenvalue weighted by Gasteiger charge is -1.90. The third kappa shape index (κ3) is 2.14. The van der Waals surface area contributed by atoms with Gasteiger partial charge < -0.3 is 0 Å². The number of allylic oxidation sites excluding steroid dienone is 1. The van der Waals surface area contributed by atoms with Crippen LogP contribution in [0.4, 0.5) is 5.00 Å². The zero-order valence-corrected chi connectivity index (χ0v) is 8.31. The first kappa shape index (κ1) is 9.38. The quantitative estimate of drug-likeness (QED) is 0.720. The van der Waals surface area contributed by atoms with Crippen molar-refractivity contribution in [1.82, 2.24) is 4.98 Å². The molecule has 66 valence electrons. The van der Waals surface area contributed by atoms with E-state index in [2.05, 4.69) is 4.98 Å². The normalized spacial score (nSPS) is 11.2. The number of quaternary nitrogens is 1. The molecule has 0 aliphatic rings. The largest absolute Gasteiger partial charge is 0.245 e. The van der Waals surface area contributed by atoms with Crippen molar-refractivity contribution < 1.29 is 10.3 Å². The van der Waals surface area contributed by atoms with E-state index in [0.29, 0.717) is 0 Å². The second-order valence-electron chi connectivity index (χ2n) is 2.34. The van der Waals surface area contributed by atoms with Gasteiger partial charge in [-0.25, -0.2) is 9.82 Å². The van der Waals surface area contributed by atoms with Crippen LogP contribution < -0.4 is 5.48 Å². The maximum atomic E-state index is 4.94. The van der Waals surface area contributed by atoms with E-state index in [1.165, 1.54) is 0 Å². The first-order valence-corrected chi connectivity index (χ1v) is 4.55. The Balaban J connectivity index is 2.91. The van der Waals surface area contributed by atoms with E-state index in [-0.39, 0.29) is 0 Å². The van der Waals surface area contributed by atoms with E-state index in [1.807, 2.05) is 26.0 Å². The van der Waals surface area contributed by atoms with Crippen LogP contribution in [0, 0.1) is 6.92 Å². The van der Waals surface area contributed by atoms with Gasteiger partial charge in [0.25, 0.3) is 0 Å². The monoisotopic (exact) mass is 185 g/mol. The van der Waals surface area contributed by atoms with Crippen molar-refractivity contribution in [3.63, 3.8) is 0 Å². The lowest BCUT2D eigenvalue weighted by atomic mass is 10.4. The minimum Gasteiger partial charge on any atom is -0.235 e. The second-order valence-corrected chi connectivity index (χ2v) is 3.57. The summed E-state index contributed by atoms with van der Waals surface area (Å²) in [5, 5.41) is 2.14. The summed E-state index contributed by atoms with van der Waals surface area (Å²) in [6.45, 7) is 3.97. The van der Waals surface area contributed by atoms with Gasteiger partial charge in [0.2, 0.25) is 5.00 Å². The molecule has 1 heterocycles. The molecule has 0 aliphatic heterocycles. The van der Waals surface area contributed by atoms with Crippen LogP contribution in [0.3, 0.4) is 0 Å². The van der Waals surface area contributed by atoms with Gasteiger partial charge >= 0.3 is 0 Å². The van der Waals surface area contributed by atoms with Gasteiger partial charge in [-0.1, -0.05) is 17.4 Å². The molecule has 0 saturated heterocycles. The number of nitrogens with zero attached hydrogens (tertiary/aromatic N) is 1. The maximum absolute atomic E-state index is 4.94. The Morgan fingerprint density at radius 3 is 2.92 bits per heavy atom. The Labute approximate surface area is 76.0 Å². The molecule has 0 fully saturated rings. The number of aromatic nitrogens is 1. The van der Waals surface area contributed by atoms with Gasteiger partial charge in [-0.3, -0.25) is 0 Å². The molecule has 0 aromatic carbocycles. The Hall–Kier alpha value is -0.710. The molecule has 1 aromatic rings. The van der Waals surface area contributed by atoms with Crippen LogP contribution in [0.2, 0.25) is 0 Å². The van der Waals surface area contributed by atoms with E-state index in [1.54, 1.807) is 23.9 Å². The van der Waals surface area contributed by atoms with Crippen molar-refractivity contribution in [3.05, 3.63) is 16.8 Å². The minimum atomic E-state index is 0.988. The summed E-state index contributed by atoms with van der Waals surface area (Å²) in [4.78, 5) is 9.28. The smallest absolute Gasteiger partial charge is 0.235 e. The predicted octanol–water partition coefficient (Wildman–Crippen LogP) is 1.24. The highest BCUT2D eigenvalue weighted by atomic mass is 32.1. The first-order valence-electron chi connectivity index (χ1n) is 3.74. The second kappa shape index (κ2) is 4.35. The number of rotatable bonds is 3. The van der Waals surface area contributed by atoms with Gasteiger partial charge in [-0.2, -0.15) is 5.48 Å². The Kier molecular flexibility index (Phi) is 3.40. The van der Waals surface area contributed by atoms with E-state index < -0.39 is 0 Å². The highest BCUT2D eigenvalue weighted by molar-refractivity contribution is 7.15. The van der Waals surface area contributed by atoms with Crippen molar-refractivity contribution in [2.24, 2.45) is 0 Å². The van der Waals surface area contributed by atoms with Crippen LogP contribution in [0.15, 0.2) is 6.08 Å². The molecule has 3 nitrogen and oxygen atoms in total. The third-order valence-corrected chi connectivity index (χ3v) is 2.25. The molecule has 0 bridgehead atoms. The molecule has 0 radical (unpaired) electrons. The summed E-state index contributed by atoms with van der Waals surface area (Å²) in [5.41, 5.74) is 2.71. The van der Waals surface area contributed by atoms with Crippen LogP contribution in [-0.2, 0) is 4.84 Å². The number of hydrogen-bond acceptors (Lipinski definition) is 3. The fourth-order valence-corrected chi connectivity index (χ4v) is 1.75. The van der Waals surface area contributed by atoms with Crippen LogP contribution in [0.5, 0.6) is 0 Å². The Bertz CT molecular complexity index is 281. The molecule has 0 aliphatic carbocycles. The fourth-order valence-electron chi connectivity index (χ4n) is 0.928. The third-order valence-electron chi connectivity index (χ3n) is 1.34. The van der Waals surface area contributed by atoms with Gasteiger partial charge in [0.1, 0.15) is 5.69 Å². The molecule has 1 rings (SSSR count). The zero-order chi connectivity index (χ0) is 8.97. The zero-order valence-electron chi connectivity index (χ0n) is 7.50. The van der Waals surface area contributed by atoms with Crippen molar-refractivity contribution in [3.8, 4) is 0 Å². The highest BCUT2D eigenvalue weighted by Crippen LogP contribution is 2.20. The summed E-state index contributed by atoms with van der Waals surface area (Å²) >= 11 is 1.64. The summed E-state index contributed by atoms with van der Waals surface area (Å²) in [7, 11) is 1.65. The maximum Gasteiger partial charge on any atom is 0.245 e. The number of hydrogen-bond donors (Lipinski definition) is 1. The van der Waals surface area contributed by atoms with Gasteiger partial charge in [0.05, 0.1) is 12.1 Å². The van der Waals surface area contributed by atoms with Crippen LogP contribution >= 0.6 is 11.3 Å². The molecular weight excluding hydrogens is 172 g/mol. The van der Waals surface area contributed by atoms with Crippen LogP contribution in [0.1, 0.15) is 17.6 Å². The standard InChI is InChI=1S/C8H12N2OS/c1-4-5-7-8(10-11-3)12-6(2)9-7/h4-5,10H,1-3H3/p+1/b5-4-. The first-order chi connectivity index (χ1) is 5.77. The summed E-state index contributed by atoms with van der Waals surface area (Å²) < 4.78 is 0. The van der Waals surface area contributed by atoms with Gasteiger partial charge in [0.15, 0.2) is 0 Å². The molecule has 0 spiro atoms. The Morgan fingerprint density at radius 2 is 2.33 bits per heavy atom. The topological polar surface area (TPSA) is 38.7 Å². The van der Waals surface area contributed by atoms with Gasteiger partial charge in [0, 0.05) is 0 Å². The fraction of sp³-hybridized carbons (Fsp3) is 0.375. The van der Waals surface area contributed by atoms with E-state index in [0.717, 1.165) is 15.7 Å². The molecule has 4 heteroatoms. The SMILES string of the molecule is C/C=C\c1nc(C)sc1[NH2+]OC. The van der Waals surface area contributed by atoms with E-state index in [9.17, 15) is 0 Å². The summed E-state index contributed by atoms with van der Waals surface area (Å²) in [6.07, 6.45) is 3.95. The minimum absolute atomic E-state index is 0.988. The highest BCUT2D eigenvalue weighted by Gasteiger charge is 2.09. The molecule has 2 N–H and O–H groups in total. The molecule has 12 heavy (non-hydrogen) atoms. The van der Waals surface area contributed by atoms with Crippen LogP contribution in [-0.4, -0.2) is 12.1 Å². The summed E-state index contributed by atoms with van der Waals surface area (Å²) in [6, 6.07) is 0. The Morgan fingerprint density at radius 1 is 1.58 bits per heavy atom. The lowest BCUT2D eigenvalue weighted by molar-refractivity contribution is -0.827. The predicted molar refractivity (Wildman–Crippen MR) is 50.2 cm³/mol. The number of thiazole rings is 1.